The maximum atomic E-state index is 10.1. The molecule has 0 aliphatic carbocycles. The van der Waals surface area contributed by atoms with Crippen LogP contribution in [-0.2, 0) is 4.79 Å². The number of carboxylic acids is 1. The zero-order valence-corrected chi connectivity index (χ0v) is 7.32. The van der Waals surface area contributed by atoms with Crippen molar-refractivity contribution < 1.29 is 35.4 Å². The maximum Gasteiger partial charge on any atom is 0.332 e. The molecule has 0 aliphatic rings. The number of hydrogen-bond donors (Lipinski definition) is 6. The first-order chi connectivity index (χ1) is 6.40. The van der Waals surface area contributed by atoms with Crippen LogP contribution in [0.15, 0.2) is 0 Å². The lowest BCUT2D eigenvalue weighted by Gasteiger charge is -2.22. The molecule has 0 spiro atoms. The lowest BCUT2D eigenvalue weighted by atomic mass is 10.0. The predicted molar refractivity (Wildman–Crippen MR) is 43.4 cm³/mol. The standard InChI is InChI=1S/C7H14O7/c8-2-5(11)6(12)3(9)1-4(10)7(13)14/h3-6,8-12H,1-2H2,(H,13,14). The van der Waals surface area contributed by atoms with E-state index in [0.29, 0.717) is 0 Å². The van der Waals surface area contributed by atoms with Crippen LogP contribution in [0.25, 0.3) is 0 Å². The minimum absolute atomic E-state index is 0.617. The van der Waals surface area contributed by atoms with Crippen molar-refractivity contribution in [3.63, 3.8) is 0 Å². The van der Waals surface area contributed by atoms with Crippen molar-refractivity contribution in [2.24, 2.45) is 0 Å². The summed E-state index contributed by atoms with van der Waals surface area (Å²) >= 11 is 0. The summed E-state index contributed by atoms with van der Waals surface area (Å²) in [5.74, 6) is -1.53. The number of carboxylic acid groups (broad SMARTS) is 1. The number of rotatable bonds is 6. The van der Waals surface area contributed by atoms with Crippen LogP contribution in [-0.4, -0.2) is 67.6 Å². The average molecular weight is 210 g/mol. The Hall–Kier alpha value is -0.730. The van der Waals surface area contributed by atoms with Crippen LogP contribution >= 0.6 is 0 Å². The average Bonchev–Trinajstić information content (AvgIpc) is 2.14. The fourth-order valence-corrected chi connectivity index (χ4v) is 0.833. The molecule has 4 unspecified atom stereocenters. The van der Waals surface area contributed by atoms with Gasteiger partial charge >= 0.3 is 5.97 Å². The molecule has 0 bridgehead atoms. The second kappa shape index (κ2) is 5.89. The molecule has 0 radical (unpaired) electrons. The molecule has 84 valence electrons. The van der Waals surface area contributed by atoms with Gasteiger partial charge in [-0.3, -0.25) is 0 Å². The van der Waals surface area contributed by atoms with Crippen LogP contribution < -0.4 is 0 Å². The SMILES string of the molecule is O=C(O)C(O)CC(O)C(O)C(O)CO. The fourth-order valence-electron chi connectivity index (χ4n) is 0.833. The Morgan fingerprint density at radius 3 is 1.93 bits per heavy atom. The first-order valence-electron chi connectivity index (χ1n) is 3.96. The van der Waals surface area contributed by atoms with Gasteiger partial charge in [0.25, 0.3) is 0 Å². The summed E-state index contributed by atoms with van der Waals surface area (Å²) in [4.78, 5) is 10.1. The molecular formula is C7H14O7. The maximum absolute atomic E-state index is 10.1. The van der Waals surface area contributed by atoms with Gasteiger partial charge in [-0.05, 0) is 0 Å². The number of carbonyl (C=O) groups is 1. The van der Waals surface area contributed by atoms with E-state index in [9.17, 15) is 4.79 Å². The summed E-state index contributed by atoms with van der Waals surface area (Å²) in [6, 6.07) is 0. The third-order valence-corrected chi connectivity index (χ3v) is 1.73. The van der Waals surface area contributed by atoms with Crippen LogP contribution in [0.2, 0.25) is 0 Å². The molecule has 0 aliphatic heterocycles. The van der Waals surface area contributed by atoms with Crippen molar-refractivity contribution in [3.05, 3.63) is 0 Å². The number of aliphatic hydroxyl groups is 5. The summed E-state index contributed by atoms with van der Waals surface area (Å²) in [5.41, 5.74) is 0. The van der Waals surface area contributed by atoms with Gasteiger partial charge in [0, 0.05) is 6.42 Å². The summed E-state index contributed by atoms with van der Waals surface area (Å²) in [6.45, 7) is -0.763. The first kappa shape index (κ1) is 13.3. The predicted octanol–water partition coefficient (Wildman–Crippen LogP) is -3.10. The molecule has 0 aromatic carbocycles. The molecule has 0 aromatic heterocycles. The summed E-state index contributed by atoms with van der Waals surface area (Å²) in [6.07, 6.45) is -7.29. The third kappa shape index (κ3) is 3.99. The molecule has 7 heteroatoms. The van der Waals surface area contributed by atoms with E-state index in [-0.39, 0.29) is 0 Å². The smallest absolute Gasteiger partial charge is 0.332 e. The molecule has 4 atom stereocenters. The van der Waals surface area contributed by atoms with Crippen LogP contribution in [0.3, 0.4) is 0 Å². The second-order valence-corrected chi connectivity index (χ2v) is 2.90. The highest BCUT2D eigenvalue weighted by Gasteiger charge is 2.28. The number of aliphatic hydroxyl groups excluding tert-OH is 5. The van der Waals surface area contributed by atoms with E-state index in [1.54, 1.807) is 0 Å². The number of aliphatic carboxylic acids is 1. The van der Waals surface area contributed by atoms with Gasteiger partial charge in [0.05, 0.1) is 12.7 Å². The second-order valence-electron chi connectivity index (χ2n) is 2.90. The Balaban J connectivity index is 4.06. The summed E-state index contributed by atoms with van der Waals surface area (Å²) in [7, 11) is 0. The summed E-state index contributed by atoms with van der Waals surface area (Å²) < 4.78 is 0. The third-order valence-electron chi connectivity index (χ3n) is 1.73. The zero-order chi connectivity index (χ0) is 11.3. The van der Waals surface area contributed by atoms with Crippen molar-refractivity contribution in [2.45, 2.75) is 30.8 Å². The van der Waals surface area contributed by atoms with Gasteiger partial charge in [-0.2, -0.15) is 0 Å². The van der Waals surface area contributed by atoms with Crippen LogP contribution in [0.4, 0.5) is 0 Å². The lowest BCUT2D eigenvalue weighted by Crippen LogP contribution is -2.42. The van der Waals surface area contributed by atoms with Crippen molar-refractivity contribution in [1.29, 1.82) is 0 Å². The van der Waals surface area contributed by atoms with Crippen LogP contribution in [0, 0.1) is 0 Å². The molecule has 0 saturated heterocycles. The van der Waals surface area contributed by atoms with Gasteiger partial charge in [0.15, 0.2) is 6.10 Å². The molecule has 0 fully saturated rings. The van der Waals surface area contributed by atoms with E-state index in [4.69, 9.17) is 30.6 Å². The molecule has 14 heavy (non-hydrogen) atoms. The first-order valence-corrected chi connectivity index (χ1v) is 3.96. The van der Waals surface area contributed by atoms with Gasteiger partial charge in [-0.1, -0.05) is 0 Å². The van der Waals surface area contributed by atoms with Crippen molar-refractivity contribution in [1.82, 2.24) is 0 Å². The van der Waals surface area contributed by atoms with E-state index >= 15 is 0 Å². The highest BCUT2D eigenvalue weighted by molar-refractivity contribution is 5.71. The van der Waals surface area contributed by atoms with Crippen molar-refractivity contribution in [2.75, 3.05) is 6.61 Å². The fraction of sp³-hybridized carbons (Fsp3) is 0.857. The summed E-state index contributed by atoms with van der Waals surface area (Å²) in [5, 5.41) is 52.4. The zero-order valence-electron chi connectivity index (χ0n) is 7.32. The van der Waals surface area contributed by atoms with Crippen molar-refractivity contribution >= 4 is 5.97 Å². The molecule has 6 N–H and O–H groups in total. The number of hydrogen-bond acceptors (Lipinski definition) is 6. The molecule has 0 saturated carbocycles. The molecule has 0 rings (SSSR count). The monoisotopic (exact) mass is 210 g/mol. The molecule has 7 nitrogen and oxygen atoms in total. The minimum atomic E-state index is -1.81. The Labute approximate surface area is 79.9 Å². The van der Waals surface area contributed by atoms with Crippen LogP contribution in [0.1, 0.15) is 6.42 Å². The highest BCUT2D eigenvalue weighted by Crippen LogP contribution is 2.07. The van der Waals surface area contributed by atoms with E-state index in [2.05, 4.69) is 0 Å². The van der Waals surface area contributed by atoms with Gasteiger partial charge < -0.3 is 30.6 Å². The van der Waals surface area contributed by atoms with Gasteiger partial charge in [-0.15, -0.1) is 0 Å². The van der Waals surface area contributed by atoms with Crippen molar-refractivity contribution in [3.8, 4) is 0 Å². The highest BCUT2D eigenvalue weighted by atomic mass is 16.4. The molecular weight excluding hydrogens is 196 g/mol. The molecule has 0 heterocycles. The largest absolute Gasteiger partial charge is 0.479 e. The van der Waals surface area contributed by atoms with E-state index in [0.717, 1.165) is 0 Å². The van der Waals surface area contributed by atoms with Gasteiger partial charge in [-0.25, -0.2) is 4.79 Å². The van der Waals surface area contributed by atoms with Gasteiger partial charge in [0.1, 0.15) is 12.2 Å². The lowest BCUT2D eigenvalue weighted by molar-refractivity contribution is -0.150. The van der Waals surface area contributed by atoms with Gasteiger partial charge in [0.2, 0.25) is 0 Å². The van der Waals surface area contributed by atoms with E-state index in [1.807, 2.05) is 0 Å². The van der Waals surface area contributed by atoms with E-state index in [1.165, 1.54) is 0 Å². The molecule has 0 aromatic rings. The minimum Gasteiger partial charge on any atom is -0.479 e. The Kier molecular flexibility index (Phi) is 5.58. The Morgan fingerprint density at radius 1 is 1.07 bits per heavy atom. The quantitative estimate of drug-likeness (QED) is 0.273. The normalized spacial score (nSPS) is 19.8. The Morgan fingerprint density at radius 2 is 1.57 bits per heavy atom. The Bertz CT molecular complexity index is 183. The van der Waals surface area contributed by atoms with E-state index < -0.39 is 43.4 Å². The van der Waals surface area contributed by atoms with Crippen LogP contribution in [0.5, 0.6) is 0 Å². The topological polar surface area (TPSA) is 138 Å². The molecule has 0 amide bonds.